The van der Waals surface area contributed by atoms with E-state index in [2.05, 4.69) is 21.0 Å². The Labute approximate surface area is 92.4 Å². The fourth-order valence-corrected chi connectivity index (χ4v) is 1.45. The highest BCUT2D eigenvalue weighted by molar-refractivity contribution is 9.10. The number of alkyl halides is 3. The first-order valence-corrected chi connectivity index (χ1v) is 4.86. The number of halogens is 5. The Balaban J connectivity index is 3.48. The predicted octanol–water partition coefficient (Wildman–Crippen LogP) is 3.56. The largest absolute Gasteiger partial charge is 0.436 e. The van der Waals surface area contributed by atoms with Gasteiger partial charge in [-0.1, -0.05) is 0 Å². The molecule has 0 bridgehead atoms. The van der Waals surface area contributed by atoms with Crippen LogP contribution in [-0.2, 0) is 11.7 Å². The van der Waals surface area contributed by atoms with Crippen LogP contribution in [-0.4, -0.2) is 9.78 Å². The molecular formula is C8H9BrF4N2. The van der Waals surface area contributed by atoms with Crippen molar-refractivity contribution in [3.05, 3.63) is 16.1 Å². The zero-order chi connectivity index (χ0) is 12.0. The van der Waals surface area contributed by atoms with E-state index in [1.807, 2.05) is 0 Å². The summed E-state index contributed by atoms with van der Waals surface area (Å²) in [7, 11) is 0. The molecule has 7 heteroatoms. The number of hydrogen-bond donors (Lipinski definition) is 0. The molecule has 1 aromatic rings. The maximum atomic E-state index is 13.2. The van der Waals surface area contributed by atoms with Crippen LogP contribution in [0.4, 0.5) is 17.6 Å². The Bertz CT molecular complexity index is 375. The van der Waals surface area contributed by atoms with Crippen LogP contribution in [0.25, 0.3) is 0 Å². The van der Waals surface area contributed by atoms with Crippen LogP contribution in [0, 0.1) is 5.82 Å². The first kappa shape index (κ1) is 12.5. The van der Waals surface area contributed by atoms with Crippen molar-refractivity contribution < 1.29 is 17.6 Å². The number of aromatic nitrogens is 2. The first-order chi connectivity index (χ1) is 6.55. The lowest BCUT2D eigenvalue weighted by atomic mass is 10.1. The van der Waals surface area contributed by atoms with E-state index in [0.717, 1.165) is 0 Å². The monoisotopic (exact) mass is 288 g/mol. The summed E-state index contributed by atoms with van der Waals surface area (Å²) in [6, 6.07) is 0. The second-order valence-electron chi connectivity index (χ2n) is 4.03. The van der Waals surface area contributed by atoms with Gasteiger partial charge in [0.2, 0.25) is 0 Å². The Hall–Kier alpha value is -0.590. The van der Waals surface area contributed by atoms with Crippen LogP contribution in [0.5, 0.6) is 0 Å². The van der Waals surface area contributed by atoms with E-state index >= 15 is 0 Å². The molecule has 0 aliphatic rings. The van der Waals surface area contributed by atoms with Crippen molar-refractivity contribution in [2.24, 2.45) is 0 Å². The van der Waals surface area contributed by atoms with Crippen molar-refractivity contribution in [1.29, 1.82) is 0 Å². The van der Waals surface area contributed by atoms with Gasteiger partial charge in [0.1, 0.15) is 0 Å². The molecule has 0 atom stereocenters. The second kappa shape index (κ2) is 3.47. The van der Waals surface area contributed by atoms with E-state index < -0.39 is 27.8 Å². The lowest BCUT2D eigenvalue weighted by molar-refractivity contribution is -0.148. The van der Waals surface area contributed by atoms with Crippen LogP contribution in [0.15, 0.2) is 4.60 Å². The van der Waals surface area contributed by atoms with Gasteiger partial charge in [0, 0.05) is 0 Å². The fraction of sp³-hybridized carbons (Fsp3) is 0.625. The molecule has 0 saturated heterocycles. The van der Waals surface area contributed by atoms with Gasteiger partial charge < -0.3 is 0 Å². The smallest absolute Gasteiger partial charge is 0.251 e. The quantitative estimate of drug-likeness (QED) is 0.668. The topological polar surface area (TPSA) is 17.8 Å². The molecular weight excluding hydrogens is 280 g/mol. The molecule has 0 saturated carbocycles. The molecule has 15 heavy (non-hydrogen) atoms. The Kier molecular flexibility index (Phi) is 2.88. The summed E-state index contributed by atoms with van der Waals surface area (Å²) in [5.41, 5.74) is -2.29. The molecule has 0 aliphatic heterocycles. The minimum Gasteiger partial charge on any atom is -0.251 e. The van der Waals surface area contributed by atoms with Gasteiger partial charge in [-0.05, 0) is 36.7 Å². The van der Waals surface area contributed by atoms with Crippen molar-refractivity contribution in [2.45, 2.75) is 32.5 Å². The summed E-state index contributed by atoms with van der Waals surface area (Å²) in [5.74, 6) is -1.38. The third-order valence-corrected chi connectivity index (χ3v) is 2.20. The SMILES string of the molecule is CC(C)(C)n1nc(Br)c(F)c1C(F)(F)F. The second-order valence-corrected chi connectivity index (χ2v) is 4.78. The standard InChI is InChI=1S/C8H9BrF4N2/c1-7(2,3)15-5(8(11,12)13)4(10)6(9)14-15/h1-3H3. The molecule has 2 nitrogen and oxygen atoms in total. The van der Waals surface area contributed by atoms with Crippen LogP contribution < -0.4 is 0 Å². The van der Waals surface area contributed by atoms with Gasteiger partial charge in [-0.2, -0.15) is 18.3 Å². The van der Waals surface area contributed by atoms with E-state index in [1.54, 1.807) is 0 Å². The van der Waals surface area contributed by atoms with Crippen LogP contribution >= 0.6 is 15.9 Å². The van der Waals surface area contributed by atoms with Crippen LogP contribution in [0.3, 0.4) is 0 Å². The molecule has 0 radical (unpaired) electrons. The van der Waals surface area contributed by atoms with Crippen molar-refractivity contribution in [2.75, 3.05) is 0 Å². The highest BCUT2D eigenvalue weighted by Gasteiger charge is 2.42. The van der Waals surface area contributed by atoms with Gasteiger partial charge >= 0.3 is 6.18 Å². The summed E-state index contributed by atoms with van der Waals surface area (Å²) in [4.78, 5) is 0. The van der Waals surface area contributed by atoms with Gasteiger partial charge in [0.25, 0.3) is 0 Å². The number of nitrogens with zero attached hydrogens (tertiary/aromatic N) is 2. The molecule has 0 N–H and O–H groups in total. The normalized spacial score (nSPS) is 13.3. The van der Waals surface area contributed by atoms with Crippen molar-refractivity contribution >= 4 is 15.9 Å². The van der Waals surface area contributed by atoms with Crippen LogP contribution in [0.1, 0.15) is 26.5 Å². The predicted molar refractivity (Wildman–Crippen MR) is 49.9 cm³/mol. The van der Waals surface area contributed by atoms with Gasteiger partial charge in [0.05, 0.1) is 5.54 Å². The molecule has 1 rings (SSSR count). The van der Waals surface area contributed by atoms with Gasteiger partial charge in [-0.15, -0.1) is 0 Å². The lowest BCUT2D eigenvalue weighted by Crippen LogP contribution is -2.29. The van der Waals surface area contributed by atoms with E-state index in [1.165, 1.54) is 20.8 Å². The minimum atomic E-state index is -4.75. The van der Waals surface area contributed by atoms with Crippen molar-refractivity contribution in [3.8, 4) is 0 Å². The zero-order valence-corrected chi connectivity index (χ0v) is 9.87. The van der Waals surface area contributed by atoms with E-state index in [4.69, 9.17) is 0 Å². The van der Waals surface area contributed by atoms with E-state index in [9.17, 15) is 17.6 Å². The molecule has 1 heterocycles. The van der Waals surface area contributed by atoms with Gasteiger partial charge in [0.15, 0.2) is 16.1 Å². The summed E-state index contributed by atoms with van der Waals surface area (Å²) >= 11 is 2.64. The number of rotatable bonds is 0. The summed E-state index contributed by atoms with van der Waals surface area (Å²) < 4.78 is 51.0. The third-order valence-electron chi connectivity index (χ3n) is 1.69. The summed E-state index contributed by atoms with van der Waals surface area (Å²) in [5, 5.41) is 3.49. The molecule has 0 aromatic carbocycles. The van der Waals surface area contributed by atoms with Crippen molar-refractivity contribution in [3.63, 3.8) is 0 Å². The maximum Gasteiger partial charge on any atom is 0.436 e. The Morgan fingerprint density at radius 1 is 1.20 bits per heavy atom. The molecule has 0 aliphatic carbocycles. The van der Waals surface area contributed by atoms with E-state index in [0.29, 0.717) is 4.68 Å². The Morgan fingerprint density at radius 3 is 1.93 bits per heavy atom. The first-order valence-electron chi connectivity index (χ1n) is 4.07. The van der Waals surface area contributed by atoms with Crippen LogP contribution in [0.2, 0.25) is 0 Å². The Morgan fingerprint density at radius 2 is 1.67 bits per heavy atom. The fourth-order valence-electron chi connectivity index (χ4n) is 1.10. The molecule has 0 unspecified atom stereocenters. The average Bonchev–Trinajstić information content (AvgIpc) is 2.25. The lowest BCUT2D eigenvalue weighted by Gasteiger charge is -2.22. The summed E-state index contributed by atoms with van der Waals surface area (Å²) in [6.07, 6.45) is -4.75. The molecule has 0 spiro atoms. The average molecular weight is 289 g/mol. The third kappa shape index (κ3) is 2.32. The van der Waals surface area contributed by atoms with Crippen molar-refractivity contribution in [1.82, 2.24) is 9.78 Å². The molecule has 0 amide bonds. The maximum absolute atomic E-state index is 13.2. The number of hydrogen-bond acceptors (Lipinski definition) is 1. The molecule has 86 valence electrons. The minimum absolute atomic E-state index is 0.426. The molecule has 0 fully saturated rings. The highest BCUT2D eigenvalue weighted by atomic mass is 79.9. The van der Waals surface area contributed by atoms with Gasteiger partial charge in [-0.25, -0.2) is 4.39 Å². The van der Waals surface area contributed by atoms with E-state index in [-0.39, 0.29) is 0 Å². The van der Waals surface area contributed by atoms with Gasteiger partial charge in [-0.3, -0.25) is 4.68 Å². The zero-order valence-electron chi connectivity index (χ0n) is 8.28. The summed E-state index contributed by atoms with van der Waals surface area (Å²) in [6.45, 7) is 4.54. The highest BCUT2D eigenvalue weighted by Crippen LogP contribution is 2.36. The molecule has 1 aromatic heterocycles.